The molecule has 1 fully saturated rings. The number of carbonyl (C=O) groups is 2. The molecular weight excluding hydrogens is 254 g/mol. The van der Waals surface area contributed by atoms with E-state index in [1.807, 2.05) is 18.7 Å². The first kappa shape index (κ1) is 14.5. The van der Waals surface area contributed by atoms with E-state index >= 15 is 0 Å². The summed E-state index contributed by atoms with van der Waals surface area (Å²) in [6.45, 7) is 5.27. The highest BCUT2D eigenvalue weighted by Crippen LogP contribution is 2.13. The van der Waals surface area contributed by atoms with E-state index in [1.165, 1.54) is 0 Å². The Bertz CT molecular complexity index is 465. The van der Waals surface area contributed by atoms with Gasteiger partial charge in [0.2, 0.25) is 5.91 Å². The van der Waals surface area contributed by atoms with Gasteiger partial charge in [0.25, 0.3) is 5.91 Å². The maximum absolute atomic E-state index is 12.0. The predicted octanol–water partition coefficient (Wildman–Crippen LogP) is 1.46. The molecular formula is C15H21N3O2. The number of nitrogens with zero attached hydrogens (tertiary/aromatic N) is 2. The van der Waals surface area contributed by atoms with Crippen LogP contribution in [0.5, 0.6) is 0 Å². The molecule has 0 unspecified atom stereocenters. The summed E-state index contributed by atoms with van der Waals surface area (Å²) in [5.41, 5.74) is 0.577. The van der Waals surface area contributed by atoms with E-state index in [2.05, 4.69) is 10.3 Å². The van der Waals surface area contributed by atoms with Gasteiger partial charge in [-0.25, -0.2) is 0 Å². The van der Waals surface area contributed by atoms with Crippen LogP contribution in [-0.2, 0) is 4.79 Å². The molecule has 5 heteroatoms. The minimum atomic E-state index is -0.0910. The summed E-state index contributed by atoms with van der Waals surface area (Å²) < 4.78 is 0. The summed E-state index contributed by atoms with van der Waals surface area (Å²) in [6.07, 6.45) is 4.83. The van der Waals surface area contributed by atoms with Crippen molar-refractivity contribution in [2.45, 2.75) is 32.7 Å². The maximum Gasteiger partial charge on any atom is 0.253 e. The first-order valence-electron chi connectivity index (χ1n) is 7.07. The molecule has 5 nitrogen and oxygen atoms in total. The third kappa shape index (κ3) is 3.56. The van der Waals surface area contributed by atoms with Crippen LogP contribution in [-0.4, -0.2) is 40.8 Å². The average Bonchev–Trinajstić information content (AvgIpc) is 2.48. The van der Waals surface area contributed by atoms with Crippen LogP contribution in [0.4, 0.5) is 0 Å². The molecule has 0 spiro atoms. The van der Waals surface area contributed by atoms with Gasteiger partial charge in [0.15, 0.2) is 0 Å². The zero-order chi connectivity index (χ0) is 14.5. The normalized spacial score (nSPS) is 16.2. The Morgan fingerprint density at radius 3 is 2.60 bits per heavy atom. The van der Waals surface area contributed by atoms with Gasteiger partial charge < -0.3 is 10.2 Å². The maximum atomic E-state index is 12.0. The highest BCUT2D eigenvalue weighted by molar-refractivity contribution is 5.94. The Kier molecular flexibility index (Phi) is 4.71. The van der Waals surface area contributed by atoms with E-state index in [9.17, 15) is 9.59 Å². The Hall–Kier alpha value is -1.91. The molecule has 1 N–H and O–H groups in total. The van der Waals surface area contributed by atoms with Crippen LogP contribution in [0.1, 0.15) is 37.0 Å². The molecule has 1 aromatic rings. The van der Waals surface area contributed by atoms with Crippen molar-refractivity contribution in [1.82, 2.24) is 15.2 Å². The predicted molar refractivity (Wildman–Crippen MR) is 76.1 cm³/mol. The average molecular weight is 275 g/mol. The molecule has 2 heterocycles. The summed E-state index contributed by atoms with van der Waals surface area (Å²) >= 11 is 0. The topological polar surface area (TPSA) is 62.3 Å². The molecule has 0 radical (unpaired) electrons. The summed E-state index contributed by atoms with van der Waals surface area (Å²) in [5.74, 6) is 0.144. The van der Waals surface area contributed by atoms with Crippen molar-refractivity contribution in [2.24, 2.45) is 5.92 Å². The Balaban J connectivity index is 1.83. The summed E-state index contributed by atoms with van der Waals surface area (Å²) in [7, 11) is 0. The highest BCUT2D eigenvalue weighted by Gasteiger charge is 2.25. The lowest BCUT2D eigenvalue weighted by molar-refractivity contribution is -0.135. The number of piperidine rings is 1. The standard InChI is InChI=1S/C15H21N3O2/c1-11(2)15(20)18-8-5-13(6-9-18)17-14(19)12-4-3-7-16-10-12/h3-4,7,10-11,13H,5-6,8-9H2,1-2H3,(H,17,19). The molecule has 1 aromatic heterocycles. The Labute approximate surface area is 119 Å². The van der Waals surface area contributed by atoms with Gasteiger partial charge in [-0.3, -0.25) is 14.6 Å². The summed E-state index contributed by atoms with van der Waals surface area (Å²) in [5, 5.41) is 3.01. The number of rotatable bonds is 3. The van der Waals surface area contributed by atoms with Gasteiger partial charge in [0.1, 0.15) is 0 Å². The highest BCUT2D eigenvalue weighted by atomic mass is 16.2. The fourth-order valence-electron chi connectivity index (χ4n) is 2.38. The second kappa shape index (κ2) is 6.50. The van der Waals surface area contributed by atoms with E-state index in [4.69, 9.17) is 0 Å². The molecule has 0 aliphatic carbocycles. The second-order valence-corrected chi connectivity index (χ2v) is 5.47. The largest absolute Gasteiger partial charge is 0.349 e. The number of hydrogen-bond donors (Lipinski definition) is 1. The SMILES string of the molecule is CC(C)C(=O)N1CCC(NC(=O)c2cccnc2)CC1. The monoisotopic (exact) mass is 275 g/mol. The summed E-state index contributed by atoms with van der Waals surface area (Å²) in [4.78, 5) is 29.7. The third-order valence-corrected chi connectivity index (χ3v) is 3.56. The Morgan fingerprint density at radius 1 is 1.35 bits per heavy atom. The van der Waals surface area contributed by atoms with Crippen LogP contribution < -0.4 is 5.32 Å². The molecule has 1 aliphatic rings. The number of aromatic nitrogens is 1. The van der Waals surface area contributed by atoms with Gasteiger partial charge >= 0.3 is 0 Å². The molecule has 0 bridgehead atoms. The number of pyridine rings is 1. The second-order valence-electron chi connectivity index (χ2n) is 5.47. The van der Waals surface area contributed by atoms with Crippen molar-refractivity contribution in [1.29, 1.82) is 0 Å². The molecule has 2 rings (SSSR count). The molecule has 0 saturated carbocycles. The van der Waals surface area contributed by atoms with Crippen molar-refractivity contribution in [3.63, 3.8) is 0 Å². The van der Waals surface area contributed by atoms with Crippen molar-refractivity contribution in [2.75, 3.05) is 13.1 Å². The number of amides is 2. The van der Waals surface area contributed by atoms with Crippen LogP contribution in [0.15, 0.2) is 24.5 Å². The van der Waals surface area contributed by atoms with Crippen LogP contribution in [0.25, 0.3) is 0 Å². The summed E-state index contributed by atoms with van der Waals surface area (Å²) in [6, 6.07) is 3.64. The molecule has 0 atom stereocenters. The van der Waals surface area contributed by atoms with Crippen LogP contribution in [0, 0.1) is 5.92 Å². The number of nitrogens with one attached hydrogen (secondary N) is 1. The molecule has 1 saturated heterocycles. The fraction of sp³-hybridized carbons (Fsp3) is 0.533. The lowest BCUT2D eigenvalue weighted by Crippen LogP contribution is -2.47. The van der Waals surface area contributed by atoms with Crippen molar-refractivity contribution < 1.29 is 9.59 Å². The van der Waals surface area contributed by atoms with Crippen LogP contribution >= 0.6 is 0 Å². The van der Waals surface area contributed by atoms with Crippen molar-refractivity contribution >= 4 is 11.8 Å². The molecule has 108 valence electrons. The molecule has 1 aliphatic heterocycles. The zero-order valence-electron chi connectivity index (χ0n) is 12.0. The van der Waals surface area contributed by atoms with Gasteiger partial charge in [-0.2, -0.15) is 0 Å². The van der Waals surface area contributed by atoms with Gasteiger partial charge in [-0.1, -0.05) is 13.8 Å². The van der Waals surface area contributed by atoms with E-state index in [0.29, 0.717) is 5.56 Å². The van der Waals surface area contributed by atoms with E-state index in [-0.39, 0.29) is 23.8 Å². The lowest BCUT2D eigenvalue weighted by Gasteiger charge is -2.33. The number of hydrogen-bond acceptors (Lipinski definition) is 3. The minimum absolute atomic E-state index is 0.0385. The quantitative estimate of drug-likeness (QED) is 0.908. The first-order chi connectivity index (χ1) is 9.58. The van der Waals surface area contributed by atoms with Gasteiger partial charge in [0.05, 0.1) is 5.56 Å². The number of likely N-dealkylation sites (tertiary alicyclic amines) is 1. The van der Waals surface area contributed by atoms with Crippen LogP contribution in [0.2, 0.25) is 0 Å². The third-order valence-electron chi connectivity index (χ3n) is 3.56. The Morgan fingerprint density at radius 2 is 2.05 bits per heavy atom. The molecule has 0 aromatic carbocycles. The van der Waals surface area contributed by atoms with E-state index in [1.54, 1.807) is 24.5 Å². The fourth-order valence-corrected chi connectivity index (χ4v) is 2.38. The van der Waals surface area contributed by atoms with Crippen LogP contribution in [0.3, 0.4) is 0 Å². The smallest absolute Gasteiger partial charge is 0.253 e. The number of carbonyl (C=O) groups excluding carboxylic acids is 2. The zero-order valence-corrected chi connectivity index (χ0v) is 12.0. The van der Waals surface area contributed by atoms with E-state index in [0.717, 1.165) is 25.9 Å². The van der Waals surface area contributed by atoms with E-state index < -0.39 is 0 Å². The molecule has 20 heavy (non-hydrogen) atoms. The lowest BCUT2D eigenvalue weighted by atomic mass is 10.0. The van der Waals surface area contributed by atoms with Gasteiger partial charge in [-0.05, 0) is 25.0 Å². The minimum Gasteiger partial charge on any atom is -0.349 e. The van der Waals surface area contributed by atoms with Gasteiger partial charge in [-0.15, -0.1) is 0 Å². The first-order valence-corrected chi connectivity index (χ1v) is 7.07. The molecule has 2 amide bonds. The van der Waals surface area contributed by atoms with Crippen molar-refractivity contribution in [3.05, 3.63) is 30.1 Å². The van der Waals surface area contributed by atoms with Crippen molar-refractivity contribution in [3.8, 4) is 0 Å². The van der Waals surface area contributed by atoms with Gasteiger partial charge in [0, 0.05) is 37.4 Å².